The van der Waals surface area contributed by atoms with Crippen LogP contribution in [0.5, 0.6) is 0 Å². The van der Waals surface area contributed by atoms with Crippen molar-refractivity contribution in [2.24, 2.45) is 0 Å². The minimum absolute atomic E-state index is 0.405. The largest absolute Gasteiger partial charge is 0.385 e. The fraction of sp³-hybridized carbons (Fsp3) is 0.625. The second-order valence-electron chi connectivity index (χ2n) is 5.54. The van der Waals surface area contributed by atoms with Gasteiger partial charge in [-0.05, 0) is 50.3 Å². The summed E-state index contributed by atoms with van der Waals surface area (Å²) in [4.78, 5) is 2.47. The summed E-state index contributed by atoms with van der Waals surface area (Å²) >= 11 is 0. The highest BCUT2D eigenvalue weighted by Gasteiger charge is 2.21. The molecule has 0 bridgehead atoms. The van der Waals surface area contributed by atoms with Crippen LogP contribution in [-0.2, 0) is 11.2 Å². The van der Waals surface area contributed by atoms with Gasteiger partial charge in [-0.3, -0.25) is 0 Å². The maximum absolute atomic E-state index is 5.79. The molecule has 0 aliphatic carbocycles. The van der Waals surface area contributed by atoms with Crippen molar-refractivity contribution in [2.45, 2.75) is 38.7 Å². The normalized spacial score (nSPS) is 22.8. The quantitative estimate of drug-likeness (QED) is 0.904. The Morgan fingerprint density at radius 1 is 1.37 bits per heavy atom. The third-order valence-electron chi connectivity index (χ3n) is 4.18. The number of rotatable bonds is 3. The van der Waals surface area contributed by atoms with Crippen LogP contribution in [0.15, 0.2) is 18.2 Å². The summed E-state index contributed by atoms with van der Waals surface area (Å²) in [7, 11) is 0. The summed E-state index contributed by atoms with van der Waals surface area (Å²) in [6.07, 6.45) is 5.30. The van der Waals surface area contributed by atoms with Gasteiger partial charge in [0.25, 0.3) is 0 Å². The van der Waals surface area contributed by atoms with Gasteiger partial charge in [0, 0.05) is 37.6 Å². The second kappa shape index (κ2) is 5.83. The molecule has 3 heteroatoms. The number of benzene rings is 1. The lowest BCUT2D eigenvalue weighted by Gasteiger charge is -2.34. The van der Waals surface area contributed by atoms with Crippen LogP contribution in [0.2, 0.25) is 0 Å². The predicted octanol–water partition coefficient (Wildman–Crippen LogP) is 3.05. The molecule has 1 unspecified atom stereocenters. The first-order chi connectivity index (χ1) is 9.36. The standard InChI is InChI=1S/C16H24N2O/c1-2-19-15-6-4-10-18(12-15)14-8-7-13-5-3-9-17-16(13)11-14/h7-8,11,15,17H,2-6,9-10,12H2,1H3. The molecule has 1 N–H and O–H groups in total. The predicted molar refractivity (Wildman–Crippen MR) is 80.1 cm³/mol. The molecule has 2 aliphatic heterocycles. The van der Waals surface area contributed by atoms with Crippen molar-refractivity contribution in [1.82, 2.24) is 0 Å². The van der Waals surface area contributed by atoms with Crippen molar-refractivity contribution in [2.75, 3.05) is 36.5 Å². The number of fused-ring (bicyclic) bond motifs is 1. The zero-order valence-electron chi connectivity index (χ0n) is 11.8. The van der Waals surface area contributed by atoms with E-state index in [9.17, 15) is 0 Å². The Morgan fingerprint density at radius 3 is 3.21 bits per heavy atom. The smallest absolute Gasteiger partial charge is 0.0750 e. The first kappa shape index (κ1) is 12.8. The molecule has 0 spiro atoms. The minimum atomic E-state index is 0.405. The highest BCUT2D eigenvalue weighted by atomic mass is 16.5. The van der Waals surface area contributed by atoms with Gasteiger partial charge in [0.2, 0.25) is 0 Å². The average Bonchev–Trinajstić information content (AvgIpc) is 2.47. The maximum Gasteiger partial charge on any atom is 0.0750 e. The number of ether oxygens (including phenoxy) is 1. The van der Waals surface area contributed by atoms with Crippen LogP contribution in [-0.4, -0.2) is 32.3 Å². The van der Waals surface area contributed by atoms with E-state index in [1.165, 1.54) is 42.6 Å². The molecule has 104 valence electrons. The van der Waals surface area contributed by atoms with E-state index in [4.69, 9.17) is 4.74 Å². The molecule has 1 aromatic rings. The Labute approximate surface area is 115 Å². The van der Waals surface area contributed by atoms with Crippen molar-refractivity contribution in [3.05, 3.63) is 23.8 Å². The molecule has 1 atom stereocenters. The number of anilines is 2. The van der Waals surface area contributed by atoms with E-state index in [2.05, 4.69) is 35.3 Å². The number of nitrogens with one attached hydrogen (secondary N) is 1. The van der Waals surface area contributed by atoms with Gasteiger partial charge >= 0.3 is 0 Å². The second-order valence-corrected chi connectivity index (χ2v) is 5.54. The molecule has 19 heavy (non-hydrogen) atoms. The summed E-state index contributed by atoms with van der Waals surface area (Å²) in [6, 6.07) is 6.89. The van der Waals surface area contributed by atoms with Gasteiger partial charge in [0.15, 0.2) is 0 Å². The van der Waals surface area contributed by atoms with Gasteiger partial charge in [-0.25, -0.2) is 0 Å². The van der Waals surface area contributed by atoms with Gasteiger partial charge < -0.3 is 15.0 Å². The lowest BCUT2D eigenvalue weighted by atomic mass is 10.0. The lowest BCUT2D eigenvalue weighted by molar-refractivity contribution is 0.0527. The number of hydrogen-bond donors (Lipinski definition) is 1. The Morgan fingerprint density at radius 2 is 2.32 bits per heavy atom. The topological polar surface area (TPSA) is 24.5 Å². The lowest BCUT2D eigenvalue weighted by Crippen LogP contribution is -2.39. The van der Waals surface area contributed by atoms with Gasteiger partial charge in [-0.1, -0.05) is 6.07 Å². The maximum atomic E-state index is 5.79. The van der Waals surface area contributed by atoms with Crippen molar-refractivity contribution in [3.8, 4) is 0 Å². The molecule has 2 aliphatic rings. The molecule has 1 fully saturated rings. The van der Waals surface area contributed by atoms with Crippen LogP contribution in [0, 0.1) is 0 Å². The van der Waals surface area contributed by atoms with Gasteiger partial charge in [-0.15, -0.1) is 0 Å². The third-order valence-corrected chi connectivity index (χ3v) is 4.18. The summed E-state index contributed by atoms with van der Waals surface area (Å²) in [5.41, 5.74) is 4.15. The van der Waals surface area contributed by atoms with E-state index >= 15 is 0 Å². The summed E-state index contributed by atoms with van der Waals surface area (Å²) in [5.74, 6) is 0. The number of hydrogen-bond acceptors (Lipinski definition) is 3. The van der Waals surface area contributed by atoms with Crippen LogP contribution in [0.1, 0.15) is 31.7 Å². The van der Waals surface area contributed by atoms with Crippen molar-refractivity contribution >= 4 is 11.4 Å². The average molecular weight is 260 g/mol. The van der Waals surface area contributed by atoms with E-state index in [1.54, 1.807) is 0 Å². The van der Waals surface area contributed by atoms with Crippen LogP contribution < -0.4 is 10.2 Å². The van der Waals surface area contributed by atoms with Crippen LogP contribution >= 0.6 is 0 Å². The Bertz CT molecular complexity index is 431. The van der Waals surface area contributed by atoms with Gasteiger partial charge in [0.1, 0.15) is 0 Å². The fourth-order valence-corrected chi connectivity index (χ4v) is 3.19. The molecule has 0 aromatic heterocycles. The fourth-order valence-electron chi connectivity index (χ4n) is 3.19. The number of piperidine rings is 1. The molecular formula is C16H24N2O. The van der Waals surface area contributed by atoms with E-state index in [1.807, 2.05) is 0 Å². The van der Waals surface area contributed by atoms with E-state index < -0.39 is 0 Å². The molecule has 3 rings (SSSR count). The summed E-state index contributed by atoms with van der Waals surface area (Å²) in [5, 5.41) is 3.52. The first-order valence-corrected chi connectivity index (χ1v) is 7.60. The molecule has 0 saturated carbocycles. The third kappa shape index (κ3) is 2.86. The zero-order chi connectivity index (χ0) is 13.1. The summed E-state index contributed by atoms with van der Waals surface area (Å²) < 4.78 is 5.79. The molecule has 0 radical (unpaired) electrons. The molecular weight excluding hydrogens is 236 g/mol. The van der Waals surface area contributed by atoms with E-state index in [-0.39, 0.29) is 0 Å². The molecule has 3 nitrogen and oxygen atoms in total. The van der Waals surface area contributed by atoms with Crippen molar-refractivity contribution in [3.63, 3.8) is 0 Å². The Kier molecular flexibility index (Phi) is 3.92. The van der Waals surface area contributed by atoms with Crippen molar-refractivity contribution in [1.29, 1.82) is 0 Å². The highest BCUT2D eigenvalue weighted by molar-refractivity contribution is 5.63. The monoisotopic (exact) mass is 260 g/mol. The van der Waals surface area contributed by atoms with Gasteiger partial charge in [-0.2, -0.15) is 0 Å². The SMILES string of the molecule is CCOC1CCCN(c2ccc3c(c2)NCCC3)C1. The minimum Gasteiger partial charge on any atom is -0.385 e. The Balaban J connectivity index is 1.74. The molecule has 1 aromatic carbocycles. The van der Waals surface area contributed by atoms with E-state index in [0.717, 1.165) is 26.2 Å². The molecule has 1 saturated heterocycles. The van der Waals surface area contributed by atoms with Crippen LogP contribution in [0.25, 0.3) is 0 Å². The molecule has 0 amide bonds. The Hall–Kier alpha value is -1.22. The highest BCUT2D eigenvalue weighted by Crippen LogP contribution is 2.29. The summed E-state index contributed by atoms with van der Waals surface area (Å²) in [6.45, 7) is 6.21. The number of nitrogens with zero attached hydrogens (tertiary/aromatic N) is 1. The van der Waals surface area contributed by atoms with Gasteiger partial charge in [0.05, 0.1) is 6.10 Å². The number of aryl methyl sites for hydroxylation is 1. The molecule has 2 heterocycles. The zero-order valence-corrected chi connectivity index (χ0v) is 11.8. The first-order valence-electron chi connectivity index (χ1n) is 7.60. The van der Waals surface area contributed by atoms with E-state index in [0.29, 0.717) is 6.10 Å². The van der Waals surface area contributed by atoms with Crippen LogP contribution in [0.4, 0.5) is 11.4 Å². The van der Waals surface area contributed by atoms with Crippen LogP contribution in [0.3, 0.4) is 0 Å². The van der Waals surface area contributed by atoms with Crippen molar-refractivity contribution < 1.29 is 4.74 Å².